The lowest BCUT2D eigenvalue weighted by Crippen LogP contribution is -2.26. The number of hydrogen-bond donors (Lipinski definition) is 2. The number of aromatic nitrogens is 1. The SMILES string of the molecule is CC(C)OC(=O)c1ccc(CN2CC(O)=C(c3nc(-c4ccc(Cl)cc4)cs3)C2=N)cc1. The molecule has 0 fully saturated rings. The van der Waals surface area contributed by atoms with E-state index in [0.29, 0.717) is 27.7 Å². The van der Waals surface area contributed by atoms with Crippen LogP contribution in [0, 0.1) is 5.41 Å². The van der Waals surface area contributed by atoms with Crippen molar-refractivity contribution >= 4 is 40.3 Å². The molecule has 8 heteroatoms. The smallest absolute Gasteiger partial charge is 0.338 e. The molecule has 0 saturated carbocycles. The minimum atomic E-state index is -0.359. The van der Waals surface area contributed by atoms with Crippen molar-refractivity contribution in [3.05, 3.63) is 80.8 Å². The molecule has 2 aromatic carbocycles. The van der Waals surface area contributed by atoms with Crippen LogP contribution >= 0.6 is 22.9 Å². The molecule has 0 saturated heterocycles. The van der Waals surface area contributed by atoms with Gasteiger partial charge in [-0.15, -0.1) is 11.3 Å². The summed E-state index contributed by atoms with van der Waals surface area (Å²) in [6.45, 7) is 4.29. The number of nitrogens with one attached hydrogen (secondary N) is 1. The fourth-order valence-electron chi connectivity index (χ4n) is 3.38. The van der Waals surface area contributed by atoms with Gasteiger partial charge >= 0.3 is 5.97 Å². The van der Waals surface area contributed by atoms with E-state index in [1.165, 1.54) is 11.3 Å². The molecule has 32 heavy (non-hydrogen) atoms. The number of hydrogen-bond acceptors (Lipinski definition) is 6. The molecule has 4 rings (SSSR count). The fourth-order valence-corrected chi connectivity index (χ4v) is 4.41. The van der Waals surface area contributed by atoms with Gasteiger partial charge < -0.3 is 14.7 Å². The number of ether oxygens (including phenoxy) is 1. The van der Waals surface area contributed by atoms with Crippen LogP contribution in [-0.2, 0) is 11.3 Å². The number of carbonyl (C=O) groups is 1. The maximum atomic E-state index is 12.0. The molecule has 164 valence electrons. The Hall–Kier alpha value is -3.16. The second-order valence-corrected chi connectivity index (χ2v) is 9.02. The maximum absolute atomic E-state index is 12.0. The summed E-state index contributed by atoms with van der Waals surface area (Å²) in [5, 5.41) is 22.3. The largest absolute Gasteiger partial charge is 0.510 e. The number of carbonyl (C=O) groups excluding carboxylic acids is 1. The molecule has 2 heterocycles. The number of amidine groups is 1. The van der Waals surface area contributed by atoms with Crippen molar-refractivity contribution < 1.29 is 14.6 Å². The molecule has 2 N–H and O–H groups in total. The highest BCUT2D eigenvalue weighted by Gasteiger charge is 2.30. The van der Waals surface area contributed by atoms with Crippen LogP contribution in [0.1, 0.15) is 34.8 Å². The quantitative estimate of drug-likeness (QED) is 0.448. The van der Waals surface area contributed by atoms with Crippen LogP contribution in [0.2, 0.25) is 5.02 Å². The van der Waals surface area contributed by atoms with E-state index >= 15 is 0 Å². The van der Waals surface area contributed by atoms with Crippen molar-refractivity contribution in [2.45, 2.75) is 26.5 Å². The highest BCUT2D eigenvalue weighted by atomic mass is 35.5. The standard InChI is InChI=1S/C24H22ClN3O3S/c1-14(2)31-24(30)17-5-3-15(4-6-17)11-28-12-20(29)21(22(28)26)23-27-19(13-32-23)16-7-9-18(25)10-8-16/h3-10,13-14,26,29H,11-12H2,1-2H3. The molecule has 0 bridgehead atoms. The van der Waals surface area contributed by atoms with Crippen LogP contribution < -0.4 is 0 Å². The first-order valence-electron chi connectivity index (χ1n) is 10.1. The number of thiazole rings is 1. The topological polar surface area (TPSA) is 86.5 Å². The van der Waals surface area contributed by atoms with E-state index in [2.05, 4.69) is 4.98 Å². The summed E-state index contributed by atoms with van der Waals surface area (Å²) < 4.78 is 5.21. The Labute approximate surface area is 195 Å². The van der Waals surface area contributed by atoms with Gasteiger partial charge in [0.2, 0.25) is 0 Å². The number of nitrogens with zero attached hydrogens (tertiary/aromatic N) is 2. The van der Waals surface area contributed by atoms with Gasteiger partial charge in [0.15, 0.2) is 0 Å². The summed E-state index contributed by atoms with van der Waals surface area (Å²) in [6, 6.07) is 14.5. The predicted octanol–water partition coefficient (Wildman–Crippen LogP) is 5.79. The van der Waals surface area contributed by atoms with Crippen molar-refractivity contribution in [1.29, 1.82) is 5.41 Å². The van der Waals surface area contributed by atoms with E-state index < -0.39 is 0 Å². The molecule has 6 nitrogen and oxygen atoms in total. The van der Waals surface area contributed by atoms with Gasteiger partial charge in [0.05, 0.1) is 29.5 Å². The zero-order valence-electron chi connectivity index (χ0n) is 17.6. The number of rotatable bonds is 6. The normalized spacial score (nSPS) is 13.9. The second kappa shape index (κ2) is 9.14. The molecule has 0 amide bonds. The maximum Gasteiger partial charge on any atom is 0.338 e. The molecule has 0 atom stereocenters. The van der Waals surface area contributed by atoms with Gasteiger partial charge in [-0.2, -0.15) is 0 Å². The minimum Gasteiger partial charge on any atom is -0.510 e. The Morgan fingerprint density at radius 2 is 1.91 bits per heavy atom. The lowest BCUT2D eigenvalue weighted by atomic mass is 10.1. The Morgan fingerprint density at radius 3 is 2.56 bits per heavy atom. The monoisotopic (exact) mass is 467 g/mol. The molecule has 1 aromatic heterocycles. The Bertz CT molecular complexity index is 1180. The third-order valence-corrected chi connectivity index (χ3v) is 6.06. The van der Waals surface area contributed by atoms with Crippen molar-refractivity contribution in [3.63, 3.8) is 0 Å². The number of aliphatic hydroxyl groups is 1. The Morgan fingerprint density at radius 1 is 1.22 bits per heavy atom. The summed E-state index contributed by atoms with van der Waals surface area (Å²) in [7, 11) is 0. The highest BCUT2D eigenvalue weighted by Crippen LogP contribution is 2.33. The van der Waals surface area contributed by atoms with Crippen LogP contribution in [0.5, 0.6) is 0 Å². The van der Waals surface area contributed by atoms with Gasteiger partial charge in [-0.1, -0.05) is 35.9 Å². The number of esters is 1. The highest BCUT2D eigenvalue weighted by molar-refractivity contribution is 7.11. The lowest BCUT2D eigenvalue weighted by molar-refractivity contribution is 0.0378. The first-order chi connectivity index (χ1) is 15.3. The molecule has 0 aliphatic carbocycles. The van der Waals surface area contributed by atoms with Gasteiger partial charge in [0.1, 0.15) is 16.6 Å². The van der Waals surface area contributed by atoms with Crippen LogP contribution in [0.25, 0.3) is 16.8 Å². The van der Waals surface area contributed by atoms with E-state index in [9.17, 15) is 9.90 Å². The molecule has 1 aliphatic rings. The average Bonchev–Trinajstić information content (AvgIpc) is 3.33. The zero-order chi connectivity index (χ0) is 22.8. The molecule has 1 aliphatic heterocycles. The molecular formula is C24H22ClN3O3S. The van der Waals surface area contributed by atoms with E-state index in [1.807, 2.05) is 43.5 Å². The van der Waals surface area contributed by atoms with Gasteiger partial charge in [0, 0.05) is 22.5 Å². The number of benzene rings is 2. The minimum absolute atomic E-state index is 0.129. The van der Waals surface area contributed by atoms with E-state index in [4.69, 9.17) is 21.7 Å². The molecule has 0 spiro atoms. The summed E-state index contributed by atoms with van der Waals surface area (Å²) in [4.78, 5) is 18.4. The lowest BCUT2D eigenvalue weighted by Gasteiger charge is -2.18. The summed E-state index contributed by atoms with van der Waals surface area (Å²) >= 11 is 7.35. The molecule has 0 unspecified atom stereocenters. The van der Waals surface area contributed by atoms with Gasteiger partial charge in [-0.25, -0.2) is 9.78 Å². The Balaban J connectivity index is 1.46. The van der Waals surface area contributed by atoms with Crippen molar-refractivity contribution in [1.82, 2.24) is 9.88 Å². The van der Waals surface area contributed by atoms with E-state index in [0.717, 1.165) is 16.8 Å². The molecule has 3 aromatic rings. The van der Waals surface area contributed by atoms with Crippen LogP contribution in [0.15, 0.2) is 59.7 Å². The van der Waals surface area contributed by atoms with Crippen LogP contribution in [-0.4, -0.2) is 39.4 Å². The number of halogens is 1. The third-order valence-electron chi connectivity index (χ3n) is 4.95. The summed E-state index contributed by atoms with van der Waals surface area (Å²) in [5.74, 6) is -0.00531. The summed E-state index contributed by atoms with van der Waals surface area (Å²) in [5.41, 5.74) is 3.56. The van der Waals surface area contributed by atoms with Crippen molar-refractivity contribution in [2.75, 3.05) is 6.54 Å². The van der Waals surface area contributed by atoms with Crippen molar-refractivity contribution in [2.24, 2.45) is 0 Å². The first kappa shape index (κ1) is 22.0. The molecular weight excluding hydrogens is 446 g/mol. The van der Waals surface area contributed by atoms with Crippen LogP contribution in [0.3, 0.4) is 0 Å². The molecule has 0 radical (unpaired) electrons. The van der Waals surface area contributed by atoms with Gasteiger partial charge in [0.25, 0.3) is 0 Å². The summed E-state index contributed by atoms with van der Waals surface area (Å²) in [6.07, 6.45) is -0.175. The third kappa shape index (κ3) is 4.69. The first-order valence-corrected chi connectivity index (χ1v) is 11.4. The van der Waals surface area contributed by atoms with E-state index in [-0.39, 0.29) is 30.2 Å². The number of aliphatic hydroxyl groups excluding tert-OH is 1. The Kier molecular flexibility index (Phi) is 6.30. The van der Waals surface area contributed by atoms with Gasteiger partial charge in [-0.05, 0) is 43.7 Å². The van der Waals surface area contributed by atoms with Crippen molar-refractivity contribution in [3.8, 4) is 11.3 Å². The second-order valence-electron chi connectivity index (χ2n) is 7.72. The fraction of sp³-hybridized carbons (Fsp3) is 0.208. The zero-order valence-corrected chi connectivity index (χ0v) is 19.2. The van der Waals surface area contributed by atoms with Crippen LogP contribution in [0.4, 0.5) is 0 Å². The van der Waals surface area contributed by atoms with E-state index in [1.54, 1.807) is 29.2 Å². The average molecular weight is 468 g/mol. The van der Waals surface area contributed by atoms with Gasteiger partial charge in [-0.3, -0.25) is 5.41 Å². The predicted molar refractivity (Wildman–Crippen MR) is 127 cm³/mol.